The lowest BCUT2D eigenvalue weighted by molar-refractivity contribution is -0.143. The molecule has 0 saturated carbocycles. The molecule has 1 atom stereocenters. The predicted molar refractivity (Wildman–Crippen MR) is 107 cm³/mol. The molecule has 1 unspecified atom stereocenters. The van der Waals surface area contributed by atoms with E-state index in [9.17, 15) is 4.79 Å². The van der Waals surface area contributed by atoms with E-state index in [0.717, 1.165) is 25.8 Å². The number of anilines is 1. The van der Waals surface area contributed by atoms with Crippen LogP contribution in [0.3, 0.4) is 0 Å². The fourth-order valence-electron chi connectivity index (χ4n) is 3.87. The quantitative estimate of drug-likeness (QED) is 0.699. The van der Waals surface area contributed by atoms with Crippen molar-refractivity contribution >= 4 is 11.7 Å². The molecule has 0 bridgehead atoms. The van der Waals surface area contributed by atoms with Crippen LogP contribution < -0.4 is 4.90 Å². The van der Waals surface area contributed by atoms with E-state index < -0.39 is 0 Å². The minimum absolute atomic E-state index is 0.0872. The molecule has 1 heterocycles. The molecule has 1 fully saturated rings. The second kappa shape index (κ2) is 8.39. The van der Waals surface area contributed by atoms with Gasteiger partial charge in [0.2, 0.25) is 0 Å². The van der Waals surface area contributed by atoms with Crippen LogP contribution in [-0.2, 0) is 16.0 Å². The molecule has 0 amide bonds. The molecule has 0 aliphatic carbocycles. The Kier molecular flexibility index (Phi) is 5.97. The van der Waals surface area contributed by atoms with Crippen LogP contribution in [0.2, 0.25) is 0 Å². The van der Waals surface area contributed by atoms with Gasteiger partial charge in [0, 0.05) is 18.3 Å². The SMILES string of the molecule is CCOC(=O)CC1CCCN1c1ccc(Cc2ccc(C)cc2C)cc1. The Labute approximate surface area is 157 Å². The third-order valence-electron chi connectivity index (χ3n) is 5.25. The lowest BCUT2D eigenvalue weighted by atomic mass is 9.98. The van der Waals surface area contributed by atoms with Crippen molar-refractivity contribution < 1.29 is 9.53 Å². The third kappa shape index (κ3) is 4.46. The Hall–Kier alpha value is -2.29. The minimum Gasteiger partial charge on any atom is -0.466 e. The van der Waals surface area contributed by atoms with Gasteiger partial charge in [-0.2, -0.15) is 0 Å². The van der Waals surface area contributed by atoms with E-state index in [2.05, 4.69) is 61.2 Å². The fourth-order valence-corrected chi connectivity index (χ4v) is 3.87. The van der Waals surface area contributed by atoms with Gasteiger partial charge in [-0.3, -0.25) is 4.79 Å². The molecule has 3 heteroatoms. The number of benzene rings is 2. The molecule has 0 aromatic heterocycles. The Bertz CT molecular complexity index is 751. The standard InChI is InChI=1S/C23H29NO2/c1-4-26-23(25)16-22-6-5-13-24(22)21-11-8-19(9-12-21)15-20-10-7-17(2)14-18(20)3/h7-12,14,22H,4-6,13,15-16H2,1-3H3. The first-order chi connectivity index (χ1) is 12.6. The Morgan fingerprint density at radius 3 is 2.62 bits per heavy atom. The maximum absolute atomic E-state index is 11.8. The van der Waals surface area contributed by atoms with E-state index in [1.54, 1.807) is 0 Å². The summed E-state index contributed by atoms with van der Waals surface area (Å²) in [6.07, 6.45) is 3.63. The van der Waals surface area contributed by atoms with E-state index in [4.69, 9.17) is 4.74 Å². The zero-order chi connectivity index (χ0) is 18.5. The van der Waals surface area contributed by atoms with Crippen molar-refractivity contribution in [3.8, 4) is 0 Å². The van der Waals surface area contributed by atoms with Gasteiger partial charge >= 0.3 is 5.97 Å². The van der Waals surface area contributed by atoms with Crippen molar-refractivity contribution in [3.05, 3.63) is 64.7 Å². The maximum atomic E-state index is 11.8. The van der Waals surface area contributed by atoms with Crippen LogP contribution >= 0.6 is 0 Å². The number of hydrogen-bond donors (Lipinski definition) is 0. The molecule has 138 valence electrons. The van der Waals surface area contributed by atoms with Crippen molar-refractivity contribution in [2.45, 2.75) is 52.5 Å². The largest absolute Gasteiger partial charge is 0.466 e. The number of carbonyl (C=O) groups excluding carboxylic acids is 1. The molecule has 3 nitrogen and oxygen atoms in total. The second-order valence-electron chi connectivity index (χ2n) is 7.27. The van der Waals surface area contributed by atoms with Crippen molar-refractivity contribution in [1.29, 1.82) is 0 Å². The summed E-state index contributed by atoms with van der Waals surface area (Å²) in [5, 5.41) is 0. The Balaban J connectivity index is 1.67. The average Bonchev–Trinajstić information content (AvgIpc) is 3.06. The van der Waals surface area contributed by atoms with Crippen LogP contribution in [-0.4, -0.2) is 25.2 Å². The monoisotopic (exact) mass is 351 g/mol. The zero-order valence-corrected chi connectivity index (χ0v) is 16.1. The van der Waals surface area contributed by atoms with Gasteiger partial charge in [-0.15, -0.1) is 0 Å². The van der Waals surface area contributed by atoms with Gasteiger partial charge in [0.15, 0.2) is 0 Å². The summed E-state index contributed by atoms with van der Waals surface area (Å²) in [5.74, 6) is -0.0872. The summed E-state index contributed by atoms with van der Waals surface area (Å²) >= 11 is 0. The second-order valence-corrected chi connectivity index (χ2v) is 7.27. The minimum atomic E-state index is -0.0872. The molecule has 0 spiro atoms. The van der Waals surface area contributed by atoms with Crippen molar-refractivity contribution in [2.75, 3.05) is 18.1 Å². The van der Waals surface area contributed by atoms with E-state index in [0.29, 0.717) is 13.0 Å². The lowest BCUT2D eigenvalue weighted by Gasteiger charge is -2.26. The van der Waals surface area contributed by atoms with E-state index in [1.165, 1.54) is 27.9 Å². The smallest absolute Gasteiger partial charge is 0.307 e. The van der Waals surface area contributed by atoms with Crippen LogP contribution in [0.5, 0.6) is 0 Å². The fraction of sp³-hybridized carbons (Fsp3) is 0.435. The molecule has 1 aliphatic heterocycles. The molecule has 3 rings (SSSR count). The number of rotatable bonds is 6. The zero-order valence-electron chi connectivity index (χ0n) is 16.1. The number of hydrogen-bond acceptors (Lipinski definition) is 3. The molecule has 2 aromatic rings. The summed E-state index contributed by atoms with van der Waals surface area (Å²) in [6.45, 7) is 7.65. The van der Waals surface area contributed by atoms with E-state index >= 15 is 0 Å². The first-order valence-corrected chi connectivity index (χ1v) is 9.64. The highest BCUT2D eigenvalue weighted by molar-refractivity contribution is 5.71. The van der Waals surface area contributed by atoms with Crippen LogP contribution in [0.25, 0.3) is 0 Å². The molecular formula is C23H29NO2. The molecule has 0 radical (unpaired) electrons. The topological polar surface area (TPSA) is 29.5 Å². The highest BCUT2D eigenvalue weighted by Crippen LogP contribution is 2.28. The third-order valence-corrected chi connectivity index (χ3v) is 5.25. The van der Waals surface area contributed by atoms with E-state index in [-0.39, 0.29) is 12.0 Å². The van der Waals surface area contributed by atoms with Gasteiger partial charge in [0.25, 0.3) is 0 Å². The van der Waals surface area contributed by atoms with Crippen molar-refractivity contribution in [2.24, 2.45) is 0 Å². The Morgan fingerprint density at radius 1 is 1.15 bits per heavy atom. The number of carbonyl (C=O) groups is 1. The van der Waals surface area contributed by atoms with Gasteiger partial charge in [-0.25, -0.2) is 0 Å². The van der Waals surface area contributed by atoms with E-state index in [1.807, 2.05) is 6.92 Å². The molecule has 0 N–H and O–H groups in total. The summed E-state index contributed by atoms with van der Waals surface area (Å²) in [6, 6.07) is 15.7. The van der Waals surface area contributed by atoms with Crippen LogP contribution in [0, 0.1) is 13.8 Å². The number of aryl methyl sites for hydroxylation is 2. The van der Waals surface area contributed by atoms with Crippen LogP contribution in [0.15, 0.2) is 42.5 Å². The number of esters is 1. The average molecular weight is 351 g/mol. The summed E-state index contributed by atoms with van der Waals surface area (Å²) in [4.78, 5) is 14.2. The first-order valence-electron chi connectivity index (χ1n) is 9.64. The normalized spacial score (nSPS) is 16.7. The molecule has 2 aromatic carbocycles. The van der Waals surface area contributed by atoms with Crippen LogP contribution in [0.4, 0.5) is 5.69 Å². The molecule has 1 aliphatic rings. The van der Waals surface area contributed by atoms with Gasteiger partial charge in [0.1, 0.15) is 0 Å². The molecule has 26 heavy (non-hydrogen) atoms. The molecular weight excluding hydrogens is 322 g/mol. The van der Waals surface area contributed by atoms with Gasteiger partial charge in [-0.05, 0) is 68.9 Å². The number of nitrogens with zero attached hydrogens (tertiary/aromatic N) is 1. The Morgan fingerprint density at radius 2 is 1.92 bits per heavy atom. The van der Waals surface area contributed by atoms with Crippen molar-refractivity contribution in [1.82, 2.24) is 0 Å². The highest BCUT2D eigenvalue weighted by Gasteiger charge is 2.27. The van der Waals surface area contributed by atoms with Gasteiger partial charge < -0.3 is 9.64 Å². The molecule has 1 saturated heterocycles. The summed E-state index contributed by atoms with van der Waals surface area (Å²) < 4.78 is 5.13. The first kappa shape index (κ1) is 18.5. The summed E-state index contributed by atoms with van der Waals surface area (Å²) in [5.41, 5.74) is 6.57. The summed E-state index contributed by atoms with van der Waals surface area (Å²) in [7, 11) is 0. The van der Waals surface area contributed by atoms with Gasteiger partial charge in [0.05, 0.1) is 13.0 Å². The van der Waals surface area contributed by atoms with Crippen molar-refractivity contribution in [3.63, 3.8) is 0 Å². The predicted octanol–water partition coefficient (Wildman–Crippen LogP) is 4.82. The van der Waals surface area contributed by atoms with Crippen LogP contribution in [0.1, 0.15) is 48.4 Å². The maximum Gasteiger partial charge on any atom is 0.307 e. The number of ether oxygens (including phenoxy) is 1. The highest BCUT2D eigenvalue weighted by atomic mass is 16.5. The van der Waals surface area contributed by atoms with Gasteiger partial charge in [-0.1, -0.05) is 35.9 Å². The lowest BCUT2D eigenvalue weighted by Crippen LogP contribution is -2.31.